The zero-order valence-corrected chi connectivity index (χ0v) is 12.4. The number of thiophene rings is 1. The maximum Gasteiger partial charge on any atom is 0.573 e. The first-order valence-electron chi connectivity index (χ1n) is 6.12. The van der Waals surface area contributed by atoms with E-state index in [0.29, 0.717) is 10.6 Å². The smallest absolute Gasteiger partial charge is 0.406 e. The first-order valence-corrected chi connectivity index (χ1v) is 6.99. The van der Waals surface area contributed by atoms with Gasteiger partial charge >= 0.3 is 6.36 Å². The molecule has 0 radical (unpaired) electrons. The van der Waals surface area contributed by atoms with Crippen molar-refractivity contribution in [2.45, 2.75) is 12.8 Å². The fourth-order valence-electron chi connectivity index (χ4n) is 1.35. The molecule has 0 unspecified atom stereocenters. The summed E-state index contributed by atoms with van der Waals surface area (Å²) in [7, 11) is 0. The van der Waals surface area contributed by atoms with Crippen LogP contribution in [0, 0.1) is 11.3 Å². The highest BCUT2D eigenvalue weighted by Gasteiger charge is 2.30. The Morgan fingerprint density at radius 1 is 1.30 bits per heavy atom. The van der Waals surface area contributed by atoms with Crippen molar-refractivity contribution in [3.05, 3.63) is 46.7 Å². The molecule has 5 nitrogen and oxygen atoms in total. The highest BCUT2D eigenvalue weighted by atomic mass is 32.1. The molecule has 0 aliphatic heterocycles. The van der Waals surface area contributed by atoms with E-state index in [9.17, 15) is 18.0 Å². The predicted octanol–water partition coefficient (Wildman–Crippen LogP) is 3.72. The van der Waals surface area contributed by atoms with E-state index < -0.39 is 6.36 Å². The van der Waals surface area contributed by atoms with Crippen LogP contribution >= 0.6 is 11.3 Å². The number of halogens is 3. The number of nitriles is 1. The van der Waals surface area contributed by atoms with Gasteiger partial charge in [-0.1, -0.05) is 6.07 Å². The summed E-state index contributed by atoms with van der Waals surface area (Å²) in [5.41, 5.74) is 2.79. The van der Waals surface area contributed by atoms with Gasteiger partial charge in [0.05, 0.1) is 17.4 Å². The Morgan fingerprint density at radius 3 is 2.39 bits per heavy atom. The number of carbonyl (C=O) groups is 1. The molecule has 0 saturated heterocycles. The molecule has 23 heavy (non-hydrogen) atoms. The summed E-state index contributed by atoms with van der Waals surface area (Å²) in [6.45, 7) is 0. The topological polar surface area (TPSA) is 88.1 Å². The number of rotatable bonds is 4. The number of anilines is 1. The van der Waals surface area contributed by atoms with Crippen LogP contribution in [-0.2, 0) is 0 Å². The van der Waals surface area contributed by atoms with Crippen LogP contribution < -0.4 is 16.0 Å². The molecule has 0 spiro atoms. The van der Waals surface area contributed by atoms with E-state index in [-0.39, 0.29) is 18.0 Å². The van der Waals surface area contributed by atoms with Crippen LogP contribution in [-0.4, -0.2) is 12.1 Å². The van der Waals surface area contributed by atoms with E-state index in [1.807, 2.05) is 11.4 Å². The number of ether oxygens (including phenoxy) is 1. The van der Waals surface area contributed by atoms with Gasteiger partial charge in [0.2, 0.25) is 0 Å². The minimum Gasteiger partial charge on any atom is -0.406 e. The normalized spacial score (nSPS) is 10.0. The van der Waals surface area contributed by atoms with E-state index in [0.717, 1.165) is 0 Å². The Morgan fingerprint density at radius 2 is 1.96 bits per heavy atom. The van der Waals surface area contributed by atoms with Crippen molar-refractivity contribution in [2.75, 3.05) is 5.43 Å². The number of benzene rings is 1. The number of nitrogens with two attached hydrogens (primary N) is 1. The summed E-state index contributed by atoms with van der Waals surface area (Å²) in [5, 5.41) is 9.99. The third-order valence-corrected chi connectivity index (χ3v) is 3.20. The fraction of sp³-hybridized carbons (Fsp3) is 0.143. The molecule has 3 N–H and O–H groups in total. The molecule has 1 heterocycles. The van der Waals surface area contributed by atoms with Crippen molar-refractivity contribution in [3.63, 3.8) is 0 Å². The van der Waals surface area contributed by atoms with Crippen molar-refractivity contribution in [2.24, 2.45) is 5.84 Å². The van der Waals surface area contributed by atoms with Gasteiger partial charge in [-0.05, 0) is 35.7 Å². The monoisotopic (exact) mass is 343 g/mol. The number of hydrogen-bond donors (Lipinski definition) is 2. The molecule has 0 bridgehead atoms. The van der Waals surface area contributed by atoms with Crippen LogP contribution in [0.25, 0.3) is 0 Å². The van der Waals surface area contributed by atoms with E-state index >= 15 is 0 Å². The lowest BCUT2D eigenvalue weighted by atomic mass is 10.2. The van der Waals surface area contributed by atoms with Crippen molar-refractivity contribution in [1.82, 2.24) is 0 Å². The minimum absolute atomic E-state index is 0.0134. The first-order chi connectivity index (χ1) is 10.9. The molecule has 0 amide bonds. The van der Waals surface area contributed by atoms with Crippen LogP contribution in [0.2, 0.25) is 0 Å². The summed E-state index contributed by atoms with van der Waals surface area (Å²) in [6.07, 6.45) is -4.67. The van der Waals surface area contributed by atoms with Crippen molar-refractivity contribution < 1.29 is 22.7 Å². The molecule has 1 aromatic heterocycles. The minimum atomic E-state index is -4.66. The second-order valence-corrected chi connectivity index (χ2v) is 4.90. The van der Waals surface area contributed by atoms with E-state index in [1.54, 1.807) is 12.1 Å². The summed E-state index contributed by atoms with van der Waals surface area (Å²) >= 11 is 1.37. The SMILES string of the molecule is N#CCC(=O)c1cccs1.NNc1ccc(OC(F)(F)F)cc1. The summed E-state index contributed by atoms with van der Waals surface area (Å²) in [4.78, 5) is 11.6. The van der Waals surface area contributed by atoms with E-state index in [4.69, 9.17) is 11.1 Å². The molecule has 122 valence electrons. The van der Waals surface area contributed by atoms with E-state index in [2.05, 4.69) is 10.2 Å². The molecule has 0 fully saturated rings. The van der Waals surface area contributed by atoms with Gasteiger partial charge in [0.15, 0.2) is 5.78 Å². The number of nitrogen functional groups attached to an aromatic ring is 1. The molecule has 0 aliphatic carbocycles. The number of ketones is 1. The number of nitrogens with one attached hydrogen (secondary N) is 1. The molecule has 0 atom stereocenters. The van der Waals surface area contributed by atoms with Crippen molar-refractivity contribution >= 4 is 22.8 Å². The van der Waals surface area contributed by atoms with Crippen LogP contribution in [0.5, 0.6) is 5.75 Å². The molecular weight excluding hydrogens is 331 g/mol. The predicted molar refractivity (Wildman–Crippen MR) is 79.8 cm³/mol. The third kappa shape index (κ3) is 7.30. The zero-order valence-electron chi connectivity index (χ0n) is 11.6. The van der Waals surface area contributed by atoms with Gasteiger partial charge in [-0.15, -0.1) is 24.5 Å². The molecule has 0 aliphatic rings. The second-order valence-electron chi connectivity index (χ2n) is 3.95. The van der Waals surface area contributed by atoms with Crippen LogP contribution in [0.3, 0.4) is 0 Å². The highest BCUT2D eigenvalue weighted by Crippen LogP contribution is 2.23. The quantitative estimate of drug-likeness (QED) is 0.502. The Bertz CT molecular complexity index is 649. The molecule has 9 heteroatoms. The molecule has 1 aromatic carbocycles. The number of carbonyl (C=O) groups excluding carboxylic acids is 1. The van der Waals surface area contributed by atoms with Crippen LogP contribution in [0.4, 0.5) is 18.9 Å². The van der Waals surface area contributed by atoms with Crippen LogP contribution in [0.1, 0.15) is 16.1 Å². The highest BCUT2D eigenvalue weighted by molar-refractivity contribution is 7.12. The van der Waals surface area contributed by atoms with Gasteiger partial charge < -0.3 is 10.2 Å². The van der Waals surface area contributed by atoms with Gasteiger partial charge in [-0.3, -0.25) is 10.6 Å². The van der Waals surface area contributed by atoms with Gasteiger partial charge in [-0.25, -0.2) is 0 Å². The Balaban J connectivity index is 0.000000238. The van der Waals surface area contributed by atoms with Gasteiger partial charge in [0, 0.05) is 5.69 Å². The average Bonchev–Trinajstić information content (AvgIpc) is 3.02. The maximum atomic E-state index is 11.7. The van der Waals surface area contributed by atoms with Crippen molar-refractivity contribution in [1.29, 1.82) is 5.26 Å². The third-order valence-electron chi connectivity index (χ3n) is 2.29. The van der Waals surface area contributed by atoms with Crippen molar-refractivity contribution in [3.8, 4) is 11.8 Å². The maximum absolute atomic E-state index is 11.7. The number of nitrogens with zero attached hydrogens (tertiary/aromatic N) is 1. The number of hydrazine groups is 1. The Hall–Kier alpha value is -2.57. The van der Waals surface area contributed by atoms with Crippen LogP contribution in [0.15, 0.2) is 41.8 Å². The first kappa shape index (κ1) is 18.5. The molecule has 2 rings (SSSR count). The lowest BCUT2D eigenvalue weighted by Gasteiger charge is -2.08. The fourth-order valence-corrected chi connectivity index (χ4v) is 2.01. The summed E-state index contributed by atoms with van der Waals surface area (Å²) < 4.78 is 38.6. The van der Waals surface area contributed by atoms with Gasteiger partial charge in [0.25, 0.3) is 0 Å². The second kappa shape index (κ2) is 8.77. The summed E-state index contributed by atoms with van der Waals surface area (Å²) in [5.74, 6) is 4.66. The lowest BCUT2D eigenvalue weighted by molar-refractivity contribution is -0.274. The average molecular weight is 343 g/mol. The standard InChI is InChI=1S/C7H7F3N2O.C7H5NOS/c8-7(9,10)13-6-3-1-5(12-11)2-4-6;8-4-3-6(9)7-2-1-5-10-7/h1-4,12H,11H2;1-2,5H,3H2. The molecule has 2 aromatic rings. The zero-order chi connectivity index (χ0) is 17.3. The number of alkyl halides is 3. The Labute approximate surface area is 134 Å². The molecule has 0 saturated carbocycles. The lowest BCUT2D eigenvalue weighted by Crippen LogP contribution is -2.17. The molecular formula is C14H12F3N3O2S. The van der Waals surface area contributed by atoms with Gasteiger partial charge in [0.1, 0.15) is 5.75 Å². The van der Waals surface area contributed by atoms with E-state index in [1.165, 1.54) is 35.6 Å². The van der Waals surface area contributed by atoms with Gasteiger partial charge in [-0.2, -0.15) is 5.26 Å². The number of Topliss-reactive ketones (excluding diaryl/α,β-unsaturated/α-hetero) is 1. The number of hydrogen-bond acceptors (Lipinski definition) is 6. The summed E-state index contributed by atoms with van der Waals surface area (Å²) in [6, 6.07) is 10.4. The Kier molecular flexibility index (Phi) is 7.05. The largest absolute Gasteiger partial charge is 0.573 e.